The molecule has 1 atom stereocenters. The summed E-state index contributed by atoms with van der Waals surface area (Å²) >= 11 is 4.99. The van der Waals surface area contributed by atoms with E-state index in [1.165, 1.54) is 0 Å². The van der Waals surface area contributed by atoms with E-state index in [-0.39, 0.29) is 12.5 Å². The maximum atomic E-state index is 10.7. The summed E-state index contributed by atoms with van der Waals surface area (Å²) in [6.07, 6.45) is 0.131. The van der Waals surface area contributed by atoms with Gasteiger partial charge >= 0.3 is 5.97 Å². The Hall–Kier alpha value is -0.390. The van der Waals surface area contributed by atoms with Crippen LogP contribution in [0, 0.1) is 0 Å². The number of aliphatic carboxylic acids is 1. The lowest BCUT2D eigenvalue weighted by molar-refractivity contribution is -0.138. The Morgan fingerprint density at radius 2 is 2.36 bits per heavy atom. The highest BCUT2D eigenvalue weighted by atomic mass is 79.9. The minimum Gasteiger partial charge on any atom is -0.481 e. The second-order valence-electron chi connectivity index (χ2n) is 3.21. The SMILES string of the molecule is CN(C)C(CC(=O)O)c1sccc1Br. The van der Waals surface area contributed by atoms with Crippen LogP contribution in [0.4, 0.5) is 0 Å². The second-order valence-corrected chi connectivity index (χ2v) is 5.01. The Morgan fingerprint density at radius 1 is 1.71 bits per heavy atom. The molecule has 3 nitrogen and oxygen atoms in total. The third-order valence-electron chi connectivity index (χ3n) is 1.94. The number of hydrogen-bond acceptors (Lipinski definition) is 3. The highest BCUT2D eigenvalue weighted by molar-refractivity contribution is 9.10. The van der Waals surface area contributed by atoms with Crippen molar-refractivity contribution >= 4 is 33.2 Å². The summed E-state index contributed by atoms with van der Waals surface area (Å²) in [5.41, 5.74) is 0. The predicted molar refractivity (Wildman–Crippen MR) is 60.7 cm³/mol. The summed E-state index contributed by atoms with van der Waals surface area (Å²) in [7, 11) is 3.78. The zero-order chi connectivity index (χ0) is 10.7. The number of halogens is 1. The molecule has 0 spiro atoms. The number of carboxylic acid groups (broad SMARTS) is 1. The Bertz CT molecular complexity index is 324. The molecule has 0 saturated carbocycles. The number of rotatable bonds is 4. The first-order valence-corrected chi connectivity index (χ1v) is 5.80. The Kier molecular flexibility index (Phi) is 4.10. The van der Waals surface area contributed by atoms with Gasteiger partial charge in [-0.05, 0) is 41.5 Å². The van der Waals surface area contributed by atoms with E-state index in [4.69, 9.17) is 5.11 Å². The summed E-state index contributed by atoms with van der Waals surface area (Å²) < 4.78 is 0.988. The van der Waals surface area contributed by atoms with Crippen LogP contribution in [-0.4, -0.2) is 30.1 Å². The van der Waals surface area contributed by atoms with Crippen LogP contribution >= 0.6 is 27.3 Å². The fourth-order valence-corrected chi connectivity index (χ4v) is 3.05. The van der Waals surface area contributed by atoms with Crippen LogP contribution in [0.25, 0.3) is 0 Å². The normalized spacial score (nSPS) is 13.1. The lowest BCUT2D eigenvalue weighted by Gasteiger charge is -2.21. The van der Waals surface area contributed by atoms with Gasteiger partial charge in [-0.2, -0.15) is 0 Å². The molecule has 0 fully saturated rings. The van der Waals surface area contributed by atoms with E-state index < -0.39 is 5.97 Å². The van der Waals surface area contributed by atoms with Gasteiger partial charge in [0.15, 0.2) is 0 Å². The minimum absolute atomic E-state index is 0.0538. The largest absolute Gasteiger partial charge is 0.481 e. The first-order valence-electron chi connectivity index (χ1n) is 4.13. The van der Waals surface area contributed by atoms with Crippen LogP contribution in [0.3, 0.4) is 0 Å². The molecule has 78 valence electrons. The van der Waals surface area contributed by atoms with Crippen LogP contribution in [-0.2, 0) is 4.79 Å². The third kappa shape index (κ3) is 2.80. The van der Waals surface area contributed by atoms with Gasteiger partial charge in [0.05, 0.1) is 12.5 Å². The van der Waals surface area contributed by atoms with Crippen molar-refractivity contribution in [3.8, 4) is 0 Å². The molecule has 0 aliphatic rings. The molecule has 1 rings (SSSR count). The molecule has 0 bridgehead atoms. The Labute approximate surface area is 95.5 Å². The van der Waals surface area contributed by atoms with Crippen LogP contribution in [0.1, 0.15) is 17.3 Å². The topological polar surface area (TPSA) is 40.5 Å². The van der Waals surface area contributed by atoms with Crippen LogP contribution in [0.5, 0.6) is 0 Å². The van der Waals surface area contributed by atoms with Crippen molar-refractivity contribution in [1.29, 1.82) is 0 Å². The number of carboxylic acids is 1. The van der Waals surface area contributed by atoms with Crippen molar-refractivity contribution in [2.75, 3.05) is 14.1 Å². The molecule has 5 heteroatoms. The van der Waals surface area contributed by atoms with E-state index in [1.807, 2.05) is 30.4 Å². The first kappa shape index (κ1) is 11.7. The summed E-state index contributed by atoms with van der Waals surface area (Å²) in [5.74, 6) is -0.774. The van der Waals surface area contributed by atoms with Crippen molar-refractivity contribution in [1.82, 2.24) is 4.90 Å². The van der Waals surface area contributed by atoms with Gasteiger partial charge in [-0.3, -0.25) is 4.79 Å². The predicted octanol–water partition coefficient (Wildman–Crippen LogP) is 2.59. The maximum Gasteiger partial charge on any atom is 0.305 e. The van der Waals surface area contributed by atoms with E-state index in [0.29, 0.717) is 0 Å². The van der Waals surface area contributed by atoms with Crippen molar-refractivity contribution in [3.63, 3.8) is 0 Å². The zero-order valence-corrected chi connectivity index (χ0v) is 10.4. The molecule has 1 N–H and O–H groups in total. The van der Waals surface area contributed by atoms with Gasteiger partial charge in [0.2, 0.25) is 0 Å². The third-order valence-corrected chi connectivity index (χ3v) is 3.91. The van der Waals surface area contributed by atoms with Gasteiger partial charge in [0, 0.05) is 9.35 Å². The van der Waals surface area contributed by atoms with Crippen LogP contribution in [0.15, 0.2) is 15.9 Å². The van der Waals surface area contributed by atoms with E-state index in [1.54, 1.807) is 11.3 Å². The molecule has 1 aromatic rings. The Morgan fingerprint density at radius 3 is 2.71 bits per heavy atom. The smallest absolute Gasteiger partial charge is 0.305 e. The van der Waals surface area contributed by atoms with Gasteiger partial charge in [0.25, 0.3) is 0 Å². The zero-order valence-electron chi connectivity index (χ0n) is 8.03. The summed E-state index contributed by atoms with van der Waals surface area (Å²) in [6.45, 7) is 0. The molecule has 1 heterocycles. The lowest BCUT2D eigenvalue weighted by atomic mass is 10.1. The average Bonchev–Trinajstić information content (AvgIpc) is 2.46. The van der Waals surface area contributed by atoms with Gasteiger partial charge in [-0.1, -0.05) is 0 Å². The van der Waals surface area contributed by atoms with Crippen LogP contribution < -0.4 is 0 Å². The van der Waals surface area contributed by atoms with Crippen LogP contribution in [0.2, 0.25) is 0 Å². The van der Waals surface area contributed by atoms with Gasteiger partial charge in [0.1, 0.15) is 0 Å². The molecule has 0 saturated heterocycles. The van der Waals surface area contributed by atoms with Crippen molar-refractivity contribution in [2.45, 2.75) is 12.5 Å². The monoisotopic (exact) mass is 277 g/mol. The summed E-state index contributed by atoms with van der Waals surface area (Å²) in [6, 6.07) is 1.89. The van der Waals surface area contributed by atoms with Crippen molar-refractivity contribution in [3.05, 3.63) is 20.8 Å². The molecule has 0 aliphatic heterocycles. The molecule has 0 amide bonds. The molecule has 14 heavy (non-hydrogen) atoms. The minimum atomic E-state index is -0.774. The molecule has 1 aromatic heterocycles. The molecule has 0 radical (unpaired) electrons. The Balaban J connectivity index is 2.88. The highest BCUT2D eigenvalue weighted by Gasteiger charge is 2.20. The summed E-state index contributed by atoms with van der Waals surface area (Å²) in [4.78, 5) is 13.7. The van der Waals surface area contributed by atoms with E-state index in [0.717, 1.165) is 9.35 Å². The number of nitrogens with zero attached hydrogens (tertiary/aromatic N) is 1. The number of carbonyl (C=O) groups is 1. The second kappa shape index (κ2) is 4.91. The molecule has 1 unspecified atom stereocenters. The van der Waals surface area contributed by atoms with E-state index >= 15 is 0 Å². The van der Waals surface area contributed by atoms with Crippen molar-refractivity contribution < 1.29 is 9.90 Å². The standard InChI is InChI=1S/C9H12BrNO2S/c1-11(2)7(5-8(12)13)9-6(10)3-4-14-9/h3-4,7H,5H2,1-2H3,(H,12,13). The molecular weight excluding hydrogens is 266 g/mol. The lowest BCUT2D eigenvalue weighted by Crippen LogP contribution is -2.22. The van der Waals surface area contributed by atoms with Crippen molar-refractivity contribution in [2.24, 2.45) is 0 Å². The van der Waals surface area contributed by atoms with Gasteiger partial charge in [-0.15, -0.1) is 11.3 Å². The fraction of sp³-hybridized carbons (Fsp3) is 0.444. The molecular formula is C9H12BrNO2S. The quantitative estimate of drug-likeness (QED) is 0.920. The summed E-state index contributed by atoms with van der Waals surface area (Å²) in [5, 5.41) is 10.7. The average molecular weight is 278 g/mol. The molecule has 0 aromatic carbocycles. The highest BCUT2D eigenvalue weighted by Crippen LogP contribution is 2.33. The molecule has 0 aliphatic carbocycles. The first-order chi connectivity index (χ1) is 6.52. The van der Waals surface area contributed by atoms with E-state index in [2.05, 4.69) is 15.9 Å². The van der Waals surface area contributed by atoms with E-state index in [9.17, 15) is 4.79 Å². The maximum absolute atomic E-state index is 10.7. The fourth-order valence-electron chi connectivity index (χ4n) is 1.22. The number of hydrogen-bond donors (Lipinski definition) is 1. The van der Waals surface area contributed by atoms with Gasteiger partial charge < -0.3 is 10.0 Å². The number of thiophene rings is 1. The van der Waals surface area contributed by atoms with Gasteiger partial charge in [-0.25, -0.2) is 0 Å².